The molecule has 1 aromatic carbocycles. The van der Waals surface area contributed by atoms with Gasteiger partial charge in [0.25, 0.3) is 0 Å². The van der Waals surface area contributed by atoms with Crippen molar-refractivity contribution in [2.24, 2.45) is 0 Å². The van der Waals surface area contributed by atoms with Crippen LogP contribution in [0.4, 0.5) is 0 Å². The molecule has 5 heteroatoms. The van der Waals surface area contributed by atoms with Crippen LogP contribution in [0.2, 0.25) is 4.59 Å². The SMILES string of the molecule is O=C(P)c1c(Br)cccc1Br.[Li][CH]1CCCCC1. The molecule has 18 heavy (non-hydrogen) atoms. The first kappa shape index (κ1) is 16.9. The topological polar surface area (TPSA) is 17.1 Å². The van der Waals surface area contributed by atoms with Crippen LogP contribution in [-0.2, 0) is 0 Å². The summed E-state index contributed by atoms with van der Waals surface area (Å²) in [7, 11) is 2.14. The summed E-state index contributed by atoms with van der Waals surface area (Å²) in [6.07, 6.45) is 7.44. The van der Waals surface area contributed by atoms with Crippen LogP contribution in [0.25, 0.3) is 0 Å². The fraction of sp³-hybridized carbons (Fsp3) is 0.462. The molecule has 1 aromatic rings. The van der Waals surface area contributed by atoms with E-state index in [1.807, 2.05) is 18.2 Å². The van der Waals surface area contributed by atoms with E-state index in [9.17, 15) is 4.79 Å². The van der Waals surface area contributed by atoms with Crippen LogP contribution in [0.3, 0.4) is 0 Å². The summed E-state index contributed by atoms with van der Waals surface area (Å²) < 4.78 is 2.66. The van der Waals surface area contributed by atoms with E-state index < -0.39 is 0 Å². The average molecular weight is 386 g/mol. The molecule has 0 amide bonds. The standard InChI is InChI=1S/C7H5Br2OP.C6H11.Li/c8-4-2-1-3-5(9)6(4)7(10)11;1-2-4-6-5-3-1;/h1-3H,11H2;1H,2-6H2;. The first-order valence-corrected chi connectivity index (χ1v) is 8.42. The number of hydrogen-bond acceptors (Lipinski definition) is 1. The van der Waals surface area contributed by atoms with Gasteiger partial charge in [0.1, 0.15) is 0 Å². The third kappa shape index (κ3) is 5.89. The van der Waals surface area contributed by atoms with Gasteiger partial charge in [-0.15, -0.1) is 0 Å². The summed E-state index contributed by atoms with van der Waals surface area (Å²) in [5, 5.41) is 0. The summed E-state index contributed by atoms with van der Waals surface area (Å²) >= 11 is 8.93. The minimum atomic E-state index is -0.0237. The number of rotatable bonds is 1. The summed E-state index contributed by atoms with van der Waals surface area (Å²) in [6, 6.07) is 5.54. The molecule has 1 nitrogen and oxygen atoms in total. The maximum atomic E-state index is 11.0. The van der Waals surface area contributed by atoms with E-state index in [1.54, 1.807) is 0 Å². The Morgan fingerprint density at radius 1 is 1.17 bits per heavy atom. The van der Waals surface area contributed by atoms with Gasteiger partial charge in [0.05, 0.1) is 0 Å². The van der Waals surface area contributed by atoms with Crippen LogP contribution < -0.4 is 0 Å². The summed E-state index contributed by atoms with van der Waals surface area (Å²) in [5.41, 5.74) is 0.641. The van der Waals surface area contributed by atoms with Crippen LogP contribution in [0.1, 0.15) is 42.5 Å². The van der Waals surface area contributed by atoms with E-state index >= 15 is 0 Å². The zero-order valence-electron chi connectivity index (χ0n) is 10.6. The molecule has 0 heterocycles. The van der Waals surface area contributed by atoms with E-state index in [-0.39, 0.29) is 5.52 Å². The second-order valence-electron chi connectivity index (χ2n) is 4.70. The summed E-state index contributed by atoms with van der Waals surface area (Å²) in [5.74, 6) is 0. The van der Waals surface area contributed by atoms with Crippen LogP contribution in [0.5, 0.6) is 0 Å². The predicted octanol–water partition coefficient (Wildman–Crippen LogP) is 5.13. The quantitative estimate of drug-likeness (QED) is 0.483. The van der Waals surface area contributed by atoms with Gasteiger partial charge in [-0.25, -0.2) is 0 Å². The molecule has 1 atom stereocenters. The van der Waals surface area contributed by atoms with Gasteiger partial charge in [-0.05, 0) is 44.0 Å². The van der Waals surface area contributed by atoms with Crippen LogP contribution in [0, 0.1) is 0 Å². The molecular formula is C13H16Br2LiOP. The Morgan fingerprint density at radius 2 is 1.67 bits per heavy atom. The second-order valence-corrected chi connectivity index (χ2v) is 6.94. The molecule has 1 aliphatic carbocycles. The van der Waals surface area contributed by atoms with Gasteiger partial charge in [-0.2, -0.15) is 0 Å². The van der Waals surface area contributed by atoms with Crippen molar-refractivity contribution in [1.29, 1.82) is 0 Å². The van der Waals surface area contributed by atoms with Crippen LogP contribution in [0.15, 0.2) is 27.1 Å². The van der Waals surface area contributed by atoms with Gasteiger partial charge in [-0.3, -0.25) is 4.79 Å². The van der Waals surface area contributed by atoms with E-state index in [1.165, 1.54) is 32.1 Å². The van der Waals surface area contributed by atoms with Crippen molar-refractivity contribution in [1.82, 2.24) is 0 Å². The van der Waals surface area contributed by atoms with E-state index in [2.05, 4.69) is 58.8 Å². The molecule has 0 aromatic heterocycles. The third-order valence-corrected chi connectivity index (χ3v) is 4.71. The molecule has 1 saturated carbocycles. The van der Waals surface area contributed by atoms with Gasteiger partial charge >= 0.3 is 54.4 Å². The minimum absolute atomic E-state index is 0.0237. The summed E-state index contributed by atoms with van der Waals surface area (Å²) in [4.78, 5) is 11.0. The molecule has 2 rings (SSSR count). The molecule has 0 spiro atoms. The van der Waals surface area contributed by atoms with E-state index in [0.717, 1.165) is 13.5 Å². The van der Waals surface area contributed by atoms with Crippen LogP contribution in [-0.4, -0.2) is 23.2 Å². The van der Waals surface area contributed by atoms with Crippen molar-refractivity contribution in [2.45, 2.75) is 36.7 Å². The molecule has 94 valence electrons. The Morgan fingerprint density at radius 3 is 1.94 bits per heavy atom. The molecule has 0 radical (unpaired) electrons. The fourth-order valence-electron chi connectivity index (χ4n) is 2.04. The molecule has 0 N–H and O–H groups in total. The molecular weight excluding hydrogens is 370 g/mol. The first-order valence-electron chi connectivity index (χ1n) is 6.26. The molecule has 0 saturated heterocycles. The van der Waals surface area contributed by atoms with Gasteiger partial charge in [0.2, 0.25) is 0 Å². The Bertz CT molecular complexity index is 386. The maximum absolute atomic E-state index is 11.0. The number of halogens is 2. The van der Waals surface area contributed by atoms with Crippen molar-refractivity contribution < 1.29 is 4.79 Å². The Kier molecular flexibility index (Phi) is 8.40. The summed E-state index contributed by atoms with van der Waals surface area (Å²) in [6.45, 7) is 0. The van der Waals surface area contributed by atoms with E-state index in [0.29, 0.717) is 5.56 Å². The molecule has 1 aliphatic rings. The van der Waals surface area contributed by atoms with Crippen molar-refractivity contribution in [2.75, 3.05) is 0 Å². The Hall–Kier alpha value is 0.877. The van der Waals surface area contributed by atoms with Gasteiger partial charge in [0.15, 0.2) is 5.52 Å². The number of carbonyl (C=O) groups is 1. The fourth-order valence-corrected chi connectivity index (χ4v) is 4.16. The van der Waals surface area contributed by atoms with Crippen molar-refractivity contribution in [3.05, 3.63) is 32.7 Å². The second kappa shape index (κ2) is 8.93. The Balaban J connectivity index is 0.000000199. The molecule has 0 aliphatic heterocycles. The van der Waals surface area contributed by atoms with Crippen molar-refractivity contribution in [3.8, 4) is 0 Å². The Labute approximate surface area is 138 Å². The number of benzene rings is 1. The molecule has 1 unspecified atom stereocenters. The molecule has 0 bridgehead atoms. The van der Waals surface area contributed by atoms with E-state index in [4.69, 9.17) is 0 Å². The van der Waals surface area contributed by atoms with Crippen molar-refractivity contribution >= 4 is 64.3 Å². The van der Waals surface area contributed by atoms with Crippen LogP contribution >= 0.6 is 41.1 Å². The van der Waals surface area contributed by atoms with Gasteiger partial charge in [0, 0.05) is 14.5 Å². The van der Waals surface area contributed by atoms with Gasteiger partial charge in [-0.1, -0.05) is 15.3 Å². The third-order valence-electron chi connectivity index (χ3n) is 3.10. The zero-order chi connectivity index (χ0) is 13.5. The first-order chi connectivity index (χ1) is 8.52. The predicted molar refractivity (Wildman–Crippen MR) is 88.5 cm³/mol. The monoisotopic (exact) mass is 384 g/mol. The zero-order valence-corrected chi connectivity index (χ0v) is 14.9. The normalized spacial score (nSPS) is 15.8. The molecule has 1 fully saturated rings. The number of carbonyl (C=O) groups excluding carboxylic acids is 1. The van der Waals surface area contributed by atoms with Gasteiger partial charge < -0.3 is 0 Å². The average Bonchev–Trinajstić information content (AvgIpc) is 2.30. The number of hydrogen-bond donors (Lipinski definition) is 0. The van der Waals surface area contributed by atoms with Crippen molar-refractivity contribution in [3.63, 3.8) is 0 Å².